The lowest BCUT2D eigenvalue weighted by atomic mass is 9.82. The number of Topliss-reactive ketones (excluding diaryl/α,β-unsaturated/α-hetero) is 1. The average molecular weight is 282 g/mol. The molecule has 21 heavy (non-hydrogen) atoms. The maximum Gasteiger partial charge on any atom is 0.162 e. The number of carbonyl (C=O) groups is 1. The Morgan fingerprint density at radius 2 is 2.00 bits per heavy atom. The van der Waals surface area contributed by atoms with Gasteiger partial charge in [-0.05, 0) is 43.2 Å². The molecular formula is C19H22O2. The van der Waals surface area contributed by atoms with Crippen LogP contribution in [0.3, 0.4) is 0 Å². The van der Waals surface area contributed by atoms with E-state index in [1.165, 1.54) is 11.1 Å². The number of allylic oxidation sites excluding steroid dienone is 3. The van der Waals surface area contributed by atoms with Crippen molar-refractivity contribution in [1.82, 2.24) is 0 Å². The van der Waals surface area contributed by atoms with Crippen LogP contribution in [0, 0.1) is 5.92 Å². The van der Waals surface area contributed by atoms with Crippen LogP contribution in [0.1, 0.15) is 38.2 Å². The highest BCUT2D eigenvalue weighted by atomic mass is 16.5. The molecule has 0 aromatic heterocycles. The summed E-state index contributed by atoms with van der Waals surface area (Å²) in [7, 11) is 0. The van der Waals surface area contributed by atoms with Gasteiger partial charge in [0.05, 0.1) is 0 Å². The zero-order valence-electron chi connectivity index (χ0n) is 12.6. The van der Waals surface area contributed by atoms with Crippen LogP contribution < -0.4 is 0 Å². The standard InChI is InChI=1S/C19H22O2/c1-14-7-10-17-18(20)11-16(12-19(17)21-13-14)9-8-15-5-3-2-4-6-15/h2-7,16H,8-13H2,1H3. The molecular weight excluding hydrogens is 260 g/mol. The minimum atomic E-state index is 0.292. The lowest BCUT2D eigenvalue weighted by Gasteiger charge is -2.25. The Bertz CT molecular complexity index is 581. The Hall–Kier alpha value is -1.83. The first kappa shape index (κ1) is 14.1. The first-order chi connectivity index (χ1) is 10.2. The summed E-state index contributed by atoms with van der Waals surface area (Å²) in [5, 5.41) is 0. The van der Waals surface area contributed by atoms with Crippen LogP contribution in [0.15, 0.2) is 53.3 Å². The molecule has 110 valence electrons. The molecule has 2 nitrogen and oxygen atoms in total. The quantitative estimate of drug-likeness (QED) is 0.776. The van der Waals surface area contributed by atoms with Gasteiger partial charge in [-0.3, -0.25) is 4.79 Å². The SMILES string of the molecule is CC1=CCC2=C(CC(CCc3ccccc3)CC2=O)OC1. The lowest BCUT2D eigenvalue weighted by Crippen LogP contribution is -2.20. The van der Waals surface area contributed by atoms with Gasteiger partial charge in [-0.1, -0.05) is 36.4 Å². The molecule has 1 aromatic rings. The van der Waals surface area contributed by atoms with Crippen molar-refractivity contribution in [2.45, 2.75) is 39.0 Å². The van der Waals surface area contributed by atoms with E-state index in [9.17, 15) is 4.79 Å². The molecule has 1 aliphatic carbocycles. The van der Waals surface area contributed by atoms with Gasteiger partial charge in [0.25, 0.3) is 0 Å². The van der Waals surface area contributed by atoms with E-state index in [2.05, 4.69) is 37.3 Å². The molecule has 0 saturated carbocycles. The van der Waals surface area contributed by atoms with Gasteiger partial charge in [-0.15, -0.1) is 0 Å². The summed E-state index contributed by atoms with van der Waals surface area (Å²) in [4.78, 5) is 12.3. The highest BCUT2D eigenvalue weighted by Gasteiger charge is 2.28. The molecule has 1 unspecified atom stereocenters. The predicted molar refractivity (Wildman–Crippen MR) is 83.8 cm³/mol. The Morgan fingerprint density at radius 1 is 1.19 bits per heavy atom. The molecule has 0 amide bonds. The first-order valence-corrected chi connectivity index (χ1v) is 7.80. The molecule has 1 aliphatic heterocycles. The third-order valence-corrected chi connectivity index (χ3v) is 4.43. The van der Waals surface area contributed by atoms with Crippen LogP contribution in [0.5, 0.6) is 0 Å². The number of rotatable bonds is 3. The second-order valence-electron chi connectivity index (χ2n) is 6.17. The summed E-state index contributed by atoms with van der Waals surface area (Å²) < 4.78 is 5.86. The molecule has 2 aliphatic rings. The van der Waals surface area contributed by atoms with E-state index in [0.717, 1.165) is 37.0 Å². The minimum absolute atomic E-state index is 0.292. The monoisotopic (exact) mass is 282 g/mol. The lowest BCUT2D eigenvalue weighted by molar-refractivity contribution is -0.117. The zero-order chi connectivity index (χ0) is 14.7. The van der Waals surface area contributed by atoms with Crippen molar-refractivity contribution in [2.75, 3.05) is 6.61 Å². The van der Waals surface area contributed by atoms with Gasteiger partial charge in [0.1, 0.15) is 12.4 Å². The second kappa shape index (κ2) is 6.30. The number of hydrogen-bond donors (Lipinski definition) is 0. The molecule has 3 rings (SSSR count). The van der Waals surface area contributed by atoms with E-state index in [0.29, 0.717) is 24.7 Å². The summed E-state index contributed by atoms with van der Waals surface area (Å²) in [5.74, 6) is 1.67. The minimum Gasteiger partial charge on any atom is -0.493 e. The fraction of sp³-hybridized carbons (Fsp3) is 0.421. The largest absolute Gasteiger partial charge is 0.493 e. The van der Waals surface area contributed by atoms with Gasteiger partial charge in [0, 0.05) is 18.4 Å². The number of carbonyl (C=O) groups excluding carboxylic acids is 1. The van der Waals surface area contributed by atoms with Crippen molar-refractivity contribution in [3.63, 3.8) is 0 Å². The Morgan fingerprint density at radius 3 is 2.81 bits per heavy atom. The van der Waals surface area contributed by atoms with Gasteiger partial charge in [0.15, 0.2) is 5.78 Å². The number of aryl methyl sites for hydroxylation is 1. The molecule has 0 saturated heterocycles. The fourth-order valence-corrected chi connectivity index (χ4v) is 3.13. The highest BCUT2D eigenvalue weighted by Crippen LogP contribution is 2.34. The van der Waals surface area contributed by atoms with Crippen molar-refractivity contribution in [3.8, 4) is 0 Å². The summed E-state index contributed by atoms with van der Waals surface area (Å²) in [5.41, 5.74) is 3.49. The summed E-state index contributed by atoms with van der Waals surface area (Å²) >= 11 is 0. The summed E-state index contributed by atoms with van der Waals surface area (Å²) in [6.45, 7) is 2.70. The topological polar surface area (TPSA) is 26.3 Å². The van der Waals surface area contributed by atoms with Gasteiger partial charge < -0.3 is 4.74 Å². The Labute approximate surface area is 126 Å². The smallest absolute Gasteiger partial charge is 0.162 e. The van der Waals surface area contributed by atoms with E-state index in [4.69, 9.17) is 4.74 Å². The van der Waals surface area contributed by atoms with E-state index < -0.39 is 0 Å². The van der Waals surface area contributed by atoms with Crippen molar-refractivity contribution >= 4 is 5.78 Å². The molecule has 0 N–H and O–H groups in total. The van der Waals surface area contributed by atoms with Crippen LogP contribution >= 0.6 is 0 Å². The van der Waals surface area contributed by atoms with Gasteiger partial charge in [0.2, 0.25) is 0 Å². The van der Waals surface area contributed by atoms with Gasteiger partial charge >= 0.3 is 0 Å². The molecule has 1 aromatic carbocycles. The third kappa shape index (κ3) is 3.44. The van der Waals surface area contributed by atoms with Crippen LogP contribution in [0.25, 0.3) is 0 Å². The number of benzene rings is 1. The van der Waals surface area contributed by atoms with E-state index >= 15 is 0 Å². The van der Waals surface area contributed by atoms with Crippen LogP contribution in [0.4, 0.5) is 0 Å². The van der Waals surface area contributed by atoms with E-state index in [1.54, 1.807) is 0 Å². The summed E-state index contributed by atoms with van der Waals surface area (Å²) in [6.07, 6.45) is 6.59. The predicted octanol–water partition coefficient (Wildman–Crippen LogP) is 4.22. The van der Waals surface area contributed by atoms with E-state index in [1.807, 2.05) is 6.07 Å². The molecule has 0 fully saturated rings. The van der Waals surface area contributed by atoms with Crippen LogP contribution in [-0.4, -0.2) is 12.4 Å². The fourth-order valence-electron chi connectivity index (χ4n) is 3.13. The Balaban J connectivity index is 1.64. The highest BCUT2D eigenvalue weighted by molar-refractivity contribution is 5.97. The zero-order valence-corrected chi connectivity index (χ0v) is 12.6. The van der Waals surface area contributed by atoms with Crippen LogP contribution in [0.2, 0.25) is 0 Å². The number of ether oxygens (including phenoxy) is 1. The first-order valence-electron chi connectivity index (χ1n) is 7.80. The van der Waals surface area contributed by atoms with Crippen molar-refractivity contribution in [2.24, 2.45) is 5.92 Å². The van der Waals surface area contributed by atoms with Gasteiger partial charge in [-0.2, -0.15) is 0 Å². The van der Waals surface area contributed by atoms with Crippen molar-refractivity contribution in [1.29, 1.82) is 0 Å². The molecule has 0 radical (unpaired) electrons. The normalized spacial score (nSPS) is 22.2. The Kier molecular flexibility index (Phi) is 4.23. The average Bonchev–Trinajstić information content (AvgIpc) is 2.69. The number of ketones is 1. The van der Waals surface area contributed by atoms with Gasteiger partial charge in [-0.25, -0.2) is 0 Å². The van der Waals surface area contributed by atoms with E-state index in [-0.39, 0.29) is 0 Å². The molecule has 1 heterocycles. The number of hydrogen-bond acceptors (Lipinski definition) is 2. The second-order valence-corrected chi connectivity index (χ2v) is 6.17. The van der Waals surface area contributed by atoms with Crippen LogP contribution in [-0.2, 0) is 16.0 Å². The van der Waals surface area contributed by atoms with Crippen molar-refractivity contribution < 1.29 is 9.53 Å². The third-order valence-electron chi connectivity index (χ3n) is 4.43. The maximum atomic E-state index is 12.3. The molecule has 0 spiro atoms. The van der Waals surface area contributed by atoms with Crippen molar-refractivity contribution in [3.05, 3.63) is 58.9 Å². The molecule has 0 bridgehead atoms. The molecule has 1 atom stereocenters. The maximum absolute atomic E-state index is 12.3. The summed E-state index contributed by atoms with van der Waals surface area (Å²) in [6, 6.07) is 10.5. The molecule has 2 heteroatoms.